The van der Waals surface area contributed by atoms with E-state index in [1.54, 1.807) is 0 Å². The van der Waals surface area contributed by atoms with Gasteiger partial charge in [-0.1, -0.05) is 31.9 Å². The van der Waals surface area contributed by atoms with E-state index in [1.165, 1.54) is 8.66 Å². The fourth-order valence-corrected chi connectivity index (χ4v) is 4.02. The van der Waals surface area contributed by atoms with Crippen LogP contribution in [0.5, 0.6) is 0 Å². The van der Waals surface area contributed by atoms with E-state index in [0.717, 1.165) is 17.1 Å². The predicted octanol–water partition coefficient (Wildman–Crippen LogP) is 4.46. The van der Waals surface area contributed by atoms with Gasteiger partial charge in [-0.25, -0.2) is 0 Å². The molecule has 0 spiro atoms. The predicted molar refractivity (Wildman–Crippen MR) is 66.8 cm³/mol. The summed E-state index contributed by atoms with van der Waals surface area (Å²) < 4.78 is 1.22. The molecule has 12 heavy (non-hydrogen) atoms. The number of alkyl halides is 2. The van der Waals surface area contributed by atoms with E-state index in [-0.39, 0.29) is 0 Å². The molecule has 4 heteroatoms. The van der Waals surface area contributed by atoms with Crippen LogP contribution >= 0.6 is 59.1 Å². The second kappa shape index (κ2) is 5.78. The summed E-state index contributed by atoms with van der Waals surface area (Å²) >= 11 is 12.3. The lowest BCUT2D eigenvalue weighted by Crippen LogP contribution is -2.05. The Balaban J connectivity index is 2.50. The Morgan fingerprint density at radius 3 is 2.33 bits per heavy atom. The van der Waals surface area contributed by atoms with Gasteiger partial charge in [-0.2, -0.15) is 0 Å². The molecule has 0 bridgehead atoms. The zero-order valence-corrected chi connectivity index (χ0v) is 12.0. The molecule has 1 aromatic rings. The molecule has 0 unspecified atom stereocenters. The van der Waals surface area contributed by atoms with Gasteiger partial charge in [-0.3, -0.25) is 0 Å². The molecule has 0 atom stereocenters. The van der Waals surface area contributed by atoms with Crippen LogP contribution in [-0.2, 0) is 6.42 Å². The van der Waals surface area contributed by atoms with Crippen molar-refractivity contribution in [3.8, 4) is 0 Å². The monoisotopic (exact) mass is 374 g/mol. The van der Waals surface area contributed by atoms with Crippen molar-refractivity contribution >= 4 is 59.1 Å². The van der Waals surface area contributed by atoms with Crippen LogP contribution < -0.4 is 0 Å². The van der Waals surface area contributed by atoms with Gasteiger partial charge < -0.3 is 0 Å². The highest BCUT2D eigenvalue weighted by Crippen LogP contribution is 2.25. The Bertz CT molecular complexity index is 230. The van der Waals surface area contributed by atoms with Crippen LogP contribution in [0, 0.1) is 5.92 Å². The maximum absolute atomic E-state index is 3.50. The van der Waals surface area contributed by atoms with Crippen molar-refractivity contribution in [2.24, 2.45) is 5.92 Å². The van der Waals surface area contributed by atoms with Crippen LogP contribution in [0.3, 0.4) is 0 Å². The molecule has 1 rings (SSSR count). The minimum absolute atomic E-state index is 0.704. The van der Waals surface area contributed by atoms with Gasteiger partial charge in [-0.05, 0) is 40.4 Å². The maximum Gasteiger partial charge on any atom is 0.0701 e. The molecule has 0 N–H and O–H groups in total. The van der Waals surface area contributed by atoms with E-state index in [2.05, 4.69) is 59.9 Å². The van der Waals surface area contributed by atoms with E-state index < -0.39 is 0 Å². The third-order valence-corrected chi connectivity index (χ3v) is 5.03. The van der Waals surface area contributed by atoms with Gasteiger partial charge >= 0.3 is 0 Å². The molecule has 0 fully saturated rings. The van der Waals surface area contributed by atoms with Crippen molar-refractivity contribution in [3.63, 3.8) is 0 Å². The lowest BCUT2D eigenvalue weighted by molar-refractivity contribution is 0.687. The van der Waals surface area contributed by atoms with Crippen LogP contribution in [0.4, 0.5) is 0 Å². The molecule has 0 aliphatic rings. The first-order chi connectivity index (χ1) is 5.76. The molecule has 0 saturated heterocycles. The third-order valence-electron chi connectivity index (χ3n) is 1.56. The van der Waals surface area contributed by atoms with Gasteiger partial charge in [0.15, 0.2) is 0 Å². The number of rotatable bonds is 4. The van der Waals surface area contributed by atoms with Gasteiger partial charge in [0, 0.05) is 15.5 Å². The highest BCUT2D eigenvalue weighted by atomic mass is 79.9. The zero-order valence-electron chi connectivity index (χ0n) is 6.40. The Morgan fingerprint density at radius 2 is 1.92 bits per heavy atom. The number of halogens is 3. The molecule has 0 aliphatic heterocycles. The Labute approximate surface area is 102 Å². The standard InChI is InChI=1S/C8H9Br3S/c9-4-6(5-10)3-7-1-2-8(11)12-7/h1-2,6H,3-5H2. The van der Waals surface area contributed by atoms with Crippen molar-refractivity contribution in [2.45, 2.75) is 6.42 Å². The number of hydrogen-bond acceptors (Lipinski definition) is 1. The molecule has 0 nitrogen and oxygen atoms in total. The number of hydrogen-bond donors (Lipinski definition) is 0. The van der Waals surface area contributed by atoms with Crippen molar-refractivity contribution in [3.05, 3.63) is 20.8 Å². The highest BCUT2D eigenvalue weighted by Gasteiger charge is 2.07. The summed E-state index contributed by atoms with van der Waals surface area (Å²) in [4.78, 5) is 1.45. The SMILES string of the molecule is BrCC(CBr)Cc1ccc(Br)s1. The molecule has 68 valence electrons. The second-order valence-corrected chi connectivity index (χ2v) is 6.43. The van der Waals surface area contributed by atoms with Crippen LogP contribution in [0.1, 0.15) is 4.88 Å². The summed E-state index contributed by atoms with van der Waals surface area (Å²) in [5.74, 6) is 0.704. The van der Waals surface area contributed by atoms with Crippen molar-refractivity contribution in [2.75, 3.05) is 10.7 Å². The first kappa shape index (κ1) is 11.2. The molecule has 1 heterocycles. The highest BCUT2D eigenvalue weighted by molar-refractivity contribution is 9.11. The summed E-state index contributed by atoms with van der Waals surface area (Å²) in [5, 5.41) is 2.13. The van der Waals surface area contributed by atoms with Crippen molar-refractivity contribution < 1.29 is 0 Å². The molecule has 0 saturated carbocycles. The van der Waals surface area contributed by atoms with Crippen LogP contribution in [-0.4, -0.2) is 10.7 Å². The van der Waals surface area contributed by atoms with E-state index in [4.69, 9.17) is 0 Å². The minimum atomic E-state index is 0.704. The lowest BCUT2D eigenvalue weighted by Gasteiger charge is -2.07. The van der Waals surface area contributed by atoms with Crippen LogP contribution in [0.15, 0.2) is 15.9 Å². The van der Waals surface area contributed by atoms with Gasteiger partial charge in [-0.15, -0.1) is 11.3 Å². The van der Waals surface area contributed by atoms with Crippen molar-refractivity contribution in [1.82, 2.24) is 0 Å². The zero-order chi connectivity index (χ0) is 8.97. The first-order valence-electron chi connectivity index (χ1n) is 3.62. The first-order valence-corrected chi connectivity index (χ1v) is 7.47. The average Bonchev–Trinajstić information content (AvgIpc) is 2.47. The second-order valence-electron chi connectivity index (χ2n) is 2.58. The van der Waals surface area contributed by atoms with E-state index >= 15 is 0 Å². The Hall–Kier alpha value is 1.14. The van der Waals surface area contributed by atoms with Crippen LogP contribution in [0.2, 0.25) is 0 Å². The fourth-order valence-electron chi connectivity index (χ4n) is 0.896. The molecule has 0 aliphatic carbocycles. The summed E-state index contributed by atoms with van der Waals surface area (Å²) in [7, 11) is 0. The fraction of sp³-hybridized carbons (Fsp3) is 0.500. The van der Waals surface area contributed by atoms with E-state index in [9.17, 15) is 0 Å². The smallest absolute Gasteiger partial charge is 0.0701 e. The summed E-state index contributed by atoms with van der Waals surface area (Å²) in [6.45, 7) is 0. The third kappa shape index (κ3) is 3.48. The van der Waals surface area contributed by atoms with Crippen LogP contribution in [0.25, 0.3) is 0 Å². The Morgan fingerprint density at radius 1 is 1.25 bits per heavy atom. The Kier molecular flexibility index (Phi) is 5.41. The van der Waals surface area contributed by atoms with Gasteiger partial charge in [0.2, 0.25) is 0 Å². The van der Waals surface area contributed by atoms with E-state index in [1.807, 2.05) is 11.3 Å². The maximum atomic E-state index is 3.50. The lowest BCUT2D eigenvalue weighted by atomic mass is 10.1. The molecular weight excluding hydrogens is 368 g/mol. The molecular formula is C8H9Br3S. The largest absolute Gasteiger partial charge is 0.133 e. The van der Waals surface area contributed by atoms with Gasteiger partial charge in [0.1, 0.15) is 0 Å². The summed E-state index contributed by atoms with van der Waals surface area (Å²) in [5.41, 5.74) is 0. The average molecular weight is 377 g/mol. The molecule has 0 amide bonds. The summed E-state index contributed by atoms with van der Waals surface area (Å²) in [6.07, 6.45) is 1.16. The number of thiophene rings is 1. The molecule has 0 radical (unpaired) electrons. The quantitative estimate of drug-likeness (QED) is 0.680. The van der Waals surface area contributed by atoms with E-state index in [0.29, 0.717) is 5.92 Å². The molecule has 0 aromatic carbocycles. The normalized spacial score (nSPS) is 11.0. The molecule has 1 aromatic heterocycles. The summed E-state index contributed by atoms with van der Waals surface area (Å²) in [6, 6.07) is 4.30. The minimum Gasteiger partial charge on any atom is -0.133 e. The van der Waals surface area contributed by atoms with Crippen molar-refractivity contribution in [1.29, 1.82) is 0 Å². The topological polar surface area (TPSA) is 0 Å². The van der Waals surface area contributed by atoms with Gasteiger partial charge in [0.25, 0.3) is 0 Å². The van der Waals surface area contributed by atoms with Gasteiger partial charge in [0.05, 0.1) is 3.79 Å².